The number of halogens is 1. The van der Waals surface area contributed by atoms with Crippen LogP contribution in [0.1, 0.15) is 5.56 Å². The van der Waals surface area contributed by atoms with E-state index >= 15 is 0 Å². The van der Waals surface area contributed by atoms with Crippen LogP contribution in [0.4, 0.5) is 0 Å². The molecule has 1 aliphatic heterocycles. The molecule has 118 valence electrons. The summed E-state index contributed by atoms with van der Waals surface area (Å²) >= 11 is 6.20. The van der Waals surface area contributed by atoms with Gasteiger partial charge in [0, 0.05) is 45.8 Å². The van der Waals surface area contributed by atoms with Crippen molar-refractivity contribution >= 4 is 11.6 Å². The van der Waals surface area contributed by atoms with Gasteiger partial charge in [0.05, 0.1) is 19.2 Å². The van der Waals surface area contributed by atoms with Gasteiger partial charge in [-0.1, -0.05) is 11.6 Å². The molecular formula is C15H24ClN3O2. The third-order valence-corrected chi connectivity index (χ3v) is 3.92. The maximum Gasteiger partial charge on any atom is 0.179 e. The summed E-state index contributed by atoms with van der Waals surface area (Å²) in [4.78, 5) is 2.46. The zero-order valence-electron chi connectivity index (χ0n) is 12.7. The Bertz CT molecular complexity index is 451. The van der Waals surface area contributed by atoms with Gasteiger partial charge in [-0.05, 0) is 17.7 Å². The molecule has 5 nitrogen and oxygen atoms in total. The zero-order valence-corrected chi connectivity index (χ0v) is 13.5. The third-order valence-electron chi connectivity index (χ3n) is 3.64. The first kappa shape index (κ1) is 16.4. The Morgan fingerprint density at radius 3 is 2.67 bits per heavy atom. The fraction of sp³-hybridized carbons (Fsp3) is 0.600. The van der Waals surface area contributed by atoms with Crippen molar-refractivity contribution in [3.63, 3.8) is 0 Å². The molecule has 1 aromatic carbocycles. The highest BCUT2D eigenvalue weighted by molar-refractivity contribution is 6.32. The second kappa shape index (κ2) is 8.44. The fourth-order valence-electron chi connectivity index (χ4n) is 2.48. The number of rotatable bonds is 7. The second-order valence-corrected chi connectivity index (χ2v) is 5.49. The van der Waals surface area contributed by atoms with Crippen LogP contribution >= 0.6 is 11.6 Å². The van der Waals surface area contributed by atoms with Gasteiger partial charge in [-0.3, -0.25) is 4.90 Å². The zero-order chi connectivity index (χ0) is 15.1. The first-order valence-corrected chi connectivity index (χ1v) is 7.66. The monoisotopic (exact) mass is 313 g/mol. The molecule has 0 radical (unpaired) electrons. The highest BCUT2D eigenvalue weighted by Gasteiger charge is 2.11. The van der Waals surface area contributed by atoms with Gasteiger partial charge in [0.2, 0.25) is 0 Å². The number of hydrogen-bond donors (Lipinski definition) is 2. The smallest absolute Gasteiger partial charge is 0.179 e. The van der Waals surface area contributed by atoms with E-state index in [2.05, 4.69) is 15.5 Å². The van der Waals surface area contributed by atoms with Crippen molar-refractivity contribution in [3.05, 3.63) is 22.7 Å². The van der Waals surface area contributed by atoms with E-state index in [0.29, 0.717) is 16.5 Å². The Kier molecular flexibility index (Phi) is 6.57. The minimum Gasteiger partial charge on any atom is -0.493 e. The number of ether oxygens (including phenoxy) is 2. The Morgan fingerprint density at radius 1 is 1.24 bits per heavy atom. The number of nitrogens with zero attached hydrogens (tertiary/aromatic N) is 1. The molecule has 1 fully saturated rings. The Hall–Kier alpha value is -1.01. The van der Waals surface area contributed by atoms with Gasteiger partial charge in [0.15, 0.2) is 11.5 Å². The van der Waals surface area contributed by atoms with E-state index in [4.69, 9.17) is 21.1 Å². The fourth-order valence-corrected chi connectivity index (χ4v) is 2.79. The van der Waals surface area contributed by atoms with Gasteiger partial charge in [-0.2, -0.15) is 0 Å². The minimum atomic E-state index is 0.579. The summed E-state index contributed by atoms with van der Waals surface area (Å²) in [7, 11) is 3.21. The van der Waals surface area contributed by atoms with Gasteiger partial charge in [0.25, 0.3) is 0 Å². The lowest BCUT2D eigenvalue weighted by molar-refractivity contribution is 0.241. The number of piperazine rings is 1. The summed E-state index contributed by atoms with van der Waals surface area (Å²) in [6.45, 7) is 7.24. The van der Waals surface area contributed by atoms with Crippen molar-refractivity contribution in [3.8, 4) is 11.5 Å². The van der Waals surface area contributed by atoms with E-state index in [1.54, 1.807) is 14.2 Å². The first-order valence-electron chi connectivity index (χ1n) is 7.28. The predicted molar refractivity (Wildman–Crippen MR) is 85.6 cm³/mol. The molecule has 0 atom stereocenters. The van der Waals surface area contributed by atoms with Crippen LogP contribution in [0, 0.1) is 0 Å². The van der Waals surface area contributed by atoms with Gasteiger partial charge >= 0.3 is 0 Å². The van der Waals surface area contributed by atoms with Gasteiger partial charge in [0.1, 0.15) is 0 Å². The van der Waals surface area contributed by atoms with Gasteiger partial charge < -0.3 is 20.1 Å². The molecule has 1 heterocycles. The Labute approximate surface area is 131 Å². The molecule has 0 bridgehead atoms. The lowest BCUT2D eigenvalue weighted by Gasteiger charge is -2.27. The predicted octanol–water partition coefficient (Wildman–Crippen LogP) is 1.35. The Morgan fingerprint density at radius 2 is 2.00 bits per heavy atom. The Balaban J connectivity index is 1.81. The van der Waals surface area contributed by atoms with E-state index < -0.39 is 0 Å². The van der Waals surface area contributed by atoms with Crippen LogP contribution in [0.3, 0.4) is 0 Å². The molecule has 0 aliphatic carbocycles. The molecule has 0 aromatic heterocycles. The third kappa shape index (κ3) is 4.74. The lowest BCUT2D eigenvalue weighted by atomic mass is 10.2. The van der Waals surface area contributed by atoms with E-state index in [-0.39, 0.29) is 0 Å². The maximum atomic E-state index is 6.20. The van der Waals surface area contributed by atoms with Crippen molar-refractivity contribution in [1.29, 1.82) is 0 Å². The van der Waals surface area contributed by atoms with Crippen LogP contribution in [0.25, 0.3) is 0 Å². The molecular weight excluding hydrogens is 290 g/mol. The molecule has 1 aromatic rings. The molecule has 1 saturated heterocycles. The summed E-state index contributed by atoms with van der Waals surface area (Å²) in [6, 6.07) is 3.88. The van der Waals surface area contributed by atoms with Gasteiger partial charge in [-0.15, -0.1) is 0 Å². The second-order valence-electron chi connectivity index (χ2n) is 5.08. The van der Waals surface area contributed by atoms with E-state index in [1.807, 2.05) is 12.1 Å². The average molecular weight is 314 g/mol. The van der Waals surface area contributed by atoms with Crippen molar-refractivity contribution in [1.82, 2.24) is 15.5 Å². The van der Waals surface area contributed by atoms with Crippen LogP contribution in [-0.2, 0) is 6.54 Å². The van der Waals surface area contributed by atoms with Crippen molar-refractivity contribution in [2.75, 3.05) is 53.5 Å². The topological polar surface area (TPSA) is 45.8 Å². The van der Waals surface area contributed by atoms with Crippen LogP contribution in [-0.4, -0.2) is 58.4 Å². The van der Waals surface area contributed by atoms with Crippen LogP contribution in [0.5, 0.6) is 11.5 Å². The largest absolute Gasteiger partial charge is 0.493 e. The van der Waals surface area contributed by atoms with E-state index in [1.165, 1.54) is 0 Å². The molecule has 0 amide bonds. The molecule has 0 spiro atoms. The highest BCUT2D eigenvalue weighted by Crippen LogP contribution is 2.35. The molecule has 2 rings (SSSR count). The molecule has 6 heteroatoms. The number of nitrogens with one attached hydrogen (secondary N) is 2. The van der Waals surface area contributed by atoms with Gasteiger partial charge in [-0.25, -0.2) is 0 Å². The summed E-state index contributed by atoms with van der Waals surface area (Å²) < 4.78 is 10.5. The van der Waals surface area contributed by atoms with Crippen molar-refractivity contribution < 1.29 is 9.47 Å². The number of benzene rings is 1. The van der Waals surface area contributed by atoms with Crippen molar-refractivity contribution in [2.24, 2.45) is 0 Å². The van der Waals surface area contributed by atoms with E-state index in [9.17, 15) is 0 Å². The normalized spacial score (nSPS) is 16.0. The summed E-state index contributed by atoms with van der Waals surface area (Å²) in [5.41, 5.74) is 1.10. The maximum absolute atomic E-state index is 6.20. The summed E-state index contributed by atoms with van der Waals surface area (Å²) in [5.74, 6) is 1.26. The standard InChI is InChI=1S/C15H24ClN3O2/c1-20-14-10-12(9-13(16)15(14)21-2)11-18-5-8-19-6-3-17-4-7-19/h9-10,17-18H,3-8,11H2,1-2H3. The summed E-state index contributed by atoms with van der Waals surface area (Å²) in [6.07, 6.45) is 0. The molecule has 0 saturated carbocycles. The van der Waals surface area contributed by atoms with Crippen LogP contribution < -0.4 is 20.1 Å². The van der Waals surface area contributed by atoms with Crippen LogP contribution in [0.2, 0.25) is 5.02 Å². The number of hydrogen-bond acceptors (Lipinski definition) is 5. The summed E-state index contributed by atoms with van der Waals surface area (Å²) in [5, 5.41) is 7.39. The number of methoxy groups -OCH3 is 2. The van der Waals surface area contributed by atoms with E-state index in [0.717, 1.165) is 51.4 Å². The van der Waals surface area contributed by atoms with Crippen molar-refractivity contribution in [2.45, 2.75) is 6.54 Å². The average Bonchev–Trinajstić information content (AvgIpc) is 2.52. The SMILES string of the molecule is COc1cc(CNCCN2CCNCC2)cc(Cl)c1OC. The first-order chi connectivity index (χ1) is 10.2. The molecule has 2 N–H and O–H groups in total. The molecule has 21 heavy (non-hydrogen) atoms. The quantitative estimate of drug-likeness (QED) is 0.744. The molecule has 0 unspecified atom stereocenters. The minimum absolute atomic E-state index is 0.579. The highest BCUT2D eigenvalue weighted by atomic mass is 35.5. The lowest BCUT2D eigenvalue weighted by Crippen LogP contribution is -2.45. The molecule has 1 aliphatic rings. The van der Waals surface area contributed by atoms with Crippen LogP contribution in [0.15, 0.2) is 12.1 Å².